The van der Waals surface area contributed by atoms with Crippen LogP contribution < -0.4 is 19.5 Å². The van der Waals surface area contributed by atoms with Crippen LogP contribution in [0, 0.1) is 5.82 Å². The molecule has 0 saturated carbocycles. The summed E-state index contributed by atoms with van der Waals surface area (Å²) in [5, 5.41) is 2.79. The van der Waals surface area contributed by atoms with Crippen LogP contribution in [0.4, 0.5) is 4.39 Å². The number of carbonyl (C=O) groups is 1. The monoisotopic (exact) mass is 333 g/mol. The molecule has 0 spiro atoms. The summed E-state index contributed by atoms with van der Waals surface area (Å²) in [5.74, 6) is 1.06. The van der Waals surface area contributed by atoms with E-state index in [-0.39, 0.29) is 11.7 Å². The predicted octanol–water partition coefficient (Wildman–Crippen LogP) is 2.82. The second-order valence-corrected chi connectivity index (χ2v) is 5.06. The molecule has 1 N–H and O–H groups in total. The molecule has 0 aromatic heterocycles. The van der Waals surface area contributed by atoms with Crippen LogP contribution in [0.25, 0.3) is 0 Å². The fraction of sp³-hybridized carbons (Fsp3) is 0.278. The fourth-order valence-corrected chi connectivity index (χ4v) is 2.29. The standard InChI is InChI=1S/C18H20FNO4/c1-22-15-9-13(10-16(11-15)23-2)18(21)20-7-6-12-8-14(19)4-5-17(12)24-3/h4-5,8-11H,6-7H2,1-3H3,(H,20,21). The highest BCUT2D eigenvalue weighted by Crippen LogP contribution is 2.23. The van der Waals surface area contributed by atoms with Crippen molar-refractivity contribution in [3.63, 3.8) is 0 Å². The van der Waals surface area contributed by atoms with Crippen molar-refractivity contribution in [2.45, 2.75) is 6.42 Å². The molecule has 2 aromatic rings. The first-order chi connectivity index (χ1) is 11.6. The average molecular weight is 333 g/mol. The zero-order valence-electron chi connectivity index (χ0n) is 13.9. The lowest BCUT2D eigenvalue weighted by Crippen LogP contribution is -2.25. The minimum atomic E-state index is -0.338. The Kier molecular flexibility index (Phi) is 6.01. The van der Waals surface area contributed by atoms with Gasteiger partial charge in [0.1, 0.15) is 23.1 Å². The van der Waals surface area contributed by atoms with Crippen LogP contribution >= 0.6 is 0 Å². The molecular weight excluding hydrogens is 313 g/mol. The van der Waals surface area contributed by atoms with Gasteiger partial charge in [-0.3, -0.25) is 4.79 Å². The first kappa shape index (κ1) is 17.6. The van der Waals surface area contributed by atoms with Crippen molar-refractivity contribution in [3.8, 4) is 17.2 Å². The van der Waals surface area contributed by atoms with Gasteiger partial charge < -0.3 is 19.5 Å². The molecule has 0 bridgehead atoms. The number of nitrogens with one attached hydrogen (secondary N) is 1. The Labute approximate surface area is 140 Å². The van der Waals surface area contributed by atoms with Gasteiger partial charge in [0.25, 0.3) is 5.91 Å². The molecule has 24 heavy (non-hydrogen) atoms. The Bertz CT molecular complexity index is 696. The van der Waals surface area contributed by atoms with Crippen LogP contribution in [0.2, 0.25) is 0 Å². The van der Waals surface area contributed by atoms with E-state index < -0.39 is 0 Å². The van der Waals surface area contributed by atoms with Crippen LogP contribution in [0.1, 0.15) is 15.9 Å². The van der Waals surface area contributed by atoms with Crippen LogP contribution in [0.5, 0.6) is 17.2 Å². The molecule has 0 atom stereocenters. The number of hydrogen-bond donors (Lipinski definition) is 1. The van der Waals surface area contributed by atoms with E-state index in [9.17, 15) is 9.18 Å². The first-order valence-corrected chi connectivity index (χ1v) is 7.41. The molecule has 2 rings (SSSR count). The minimum Gasteiger partial charge on any atom is -0.497 e. The molecule has 0 heterocycles. The lowest BCUT2D eigenvalue weighted by molar-refractivity contribution is 0.0953. The largest absolute Gasteiger partial charge is 0.497 e. The Morgan fingerprint density at radius 1 is 1.00 bits per heavy atom. The normalized spacial score (nSPS) is 10.2. The number of benzene rings is 2. The zero-order chi connectivity index (χ0) is 17.5. The summed E-state index contributed by atoms with van der Waals surface area (Å²) in [6.07, 6.45) is 0.452. The topological polar surface area (TPSA) is 56.8 Å². The molecule has 0 saturated heterocycles. The van der Waals surface area contributed by atoms with Crippen molar-refractivity contribution in [1.29, 1.82) is 0 Å². The Morgan fingerprint density at radius 3 is 2.25 bits per heavy atom. The molecule has 0 fully saturated rings. The maximum absolute atomic E-state index is 13.3. The van der Waals surface area contributed by atoms with Crippen LogP contribution in [-0.4, -0.2) is 33.8 Å². The van der Waals surface area contributed by atoms with E-state index in [1.807, 2.05) is 0 Å². The van der Waals surface area contributed by atoms with Gasteiger partial charge in [0, 0.05) is 18.2 Å². The van der Waals surface area contributed by atoms with Gasteiger partial charge >= 0.3 is 0 Å². The number of ether oxygens (including phenoxy) is 3. The molecule has 5 nitrogen and oxygen atoms in total. The number of methoxy groups -OCH3 is 3. The third-order valence-electron chi connectivity index (χ3n) is 3.54. The second kappa shape index (κ2) is 8.19. The van der Waals surface area contributed by atoms with Gasteiger partial charge in [0.05, 0.1) is 21.3 Å². The smallest absolute Gasteiger partial charge is 0.251 e. The van der Waals surface area contributed by atoms with E-state index in [4.69, 9.17) is 14.2 Å². The van der Waals surface area contributed by atoms with Crippen LogP contribution in [0.3, 0.4) is 0 Å². The van der Waals surface area contributed by atoms with Crippen LogP contribution in [-0.2, 0) is 6.42 Å². The zero-order valence-corrected chi connectivity index (χ0v) is 13.9. The lowest BCUT2D eigenvalue weighted by atomic mass is 10.1. The van der Waals surface area contributed by atoms with Gasteiger partial charge in [0.15, 0.2) is 0 Å². The van der Waals surface area contributed by atoms with Crippen molar-refractivity contribution in [3.05, 3.63) is 53.3 Å². The number of carbonyl (C=O) groups excluding carboxylic acids is 1. The van der Waals surface area contributed by atoms with Gasteiger partial charge in [0.2, 0.25) is 0 Å². The van der Waals surface area contributed by atoms with Crippen LogP contribution in [0.15, 0.2) is 36.4 Å². The average Bonchev–Trinajstić information content (AvgIpc) is 2.61. The number of halogens is 1. The van der Waals surface area contributed by atoms with Crippen molar-refractivity contribution in [2.75, 3.05) is 27.9 Å². The highest BCUT2D eigenvalue weighted by atomic mass is 19.1. The third kappa shape index (κ3) is 4.38. The van der Waals surface area contributed by atoms with Crippen molar-refractivity contribution >= 4 is 5.91 Å². The van der Waals surface area contributed by atoms with Crippen molar-refractivity contribution in [2.24, 2.45) is 0 Å². The minimum absolute atomic E-state index is 0.262. The van der Waals surface area contributed by atoms with Gasteiger partial charge in [-0.2, -0.15) is 0 Å². The highest BCUT2D eigenvalue weighted by molar-refractivity contribution is 5.95. The molecule has 128 valence electrons. The summed E-state index contributed by atoms with van der Waals surface area (Å²) in [6.45, 7) is 0.345. The van der Waals surface area contributed by atoms with Gasteiger partial charge in [-0.25, -0.2) is 4.39 Å². The molecule has 0 radical (unpaired) electrons. The SMILES string of the molecule is COc1cc(OC)cc(C(=O)NCCc2cc(F)ccc2OC)c1. The van der Waals surface area contributed by atoms with Crippen molar-refractivity contribution < 1.29 is 23.4 Å². The summed E-state index contributed by atoms with van der Waals surface area (Å²) in [5.41, 5.74) is 1.12. The van der Waals surface area contributed by atoms with Gasteiger partial charge in [-0.1, -0.05) is 0 Å². The summed E-state index contributed by atoms with van der Waals surface area (Å²) in [4.78, 5) is 12.3. The van der Waals surface area contributed by atoms with Gasteiger partial charge in [-0.05, 0) is 42.3 Å². The van der Waals surface area contributed by atoms with E-state index in [0.29, 0.717) is 41.3 Å². The molecule has 0 aliphatic heterocycles. The molecule has 2 aromatic carbocycles. The Hall–Kier alpha value is -2.76. The summed E-state index contributed by atoms with van der Waals surface area (Å²) >= 11 is 0. The van der Waals surface area contributed by atoms with Crippen molar-refractivity contribution in [1.82, 2.24) is 5.32 Å². The second-order valence-electron chi connectivity index (χ2n) is 5.06. The molecule has 1 amide bonds. The molecule has 0 aliphatic rings. The highest BCUT2D eigenvalue weighted by Gasteiger charge is 2.10. The van der Waals surface area contributed by atoms with E-state index in [0.717, 1.165) is 0 Å². The maximum Gasteiger partial charge on any atom is 0.251 e. The summed E-state index contributed by atoms with van der Waals surface area (Å²) in [7, 11) is 4.57. The molecule has 0 aliphatic carbocycles. The molecule has 0 unspecified atom stereocenters. The van der Waals surface area contributed by atoms with E-state index in [2.05, 4.69) is 5.32 Å². The number of rotatable bonds is 7. The van der Waals surface area contributed by atoms with E-state index >= 15 is 0 Å². The Morgan fingerprint density at radius 2 is 1.67 bits per heavy atom. The third-order valence-corrected chi connectivity index (χ3v) is 3.54. The predicted molar refractivity (Wildman–Crippen MR) is 88.5 cm³/mol. The quantitative estimate of drug-likeness (QED) is 0.846. The summed E-state index contributed by atoms with van der Waals surface area (Å²) < 4.78 is 28.8. The maximum atomic E-state index is 13.3. The molecular formula is C18H20FNO4. The number of hydrogen-bond acceptors (Lipinski definition) is 4. The van der Waals surface area contributed by atoms with E-state index in [1.165, 1.54) is 33.5 Å². The van der Waals surface area contributed by atoms with Gasteiger partial charge in [-0.15, -0.1) is 0 Å². The number of amides is 1. The van der Waals surface area contributed by atoms with E-state index in [1.54, 1.807) is 24.3 Å². The fourth-order valence-electron chi connectivity index (χ4n) is 2.29. The summed E-state index contributed by atoms with van der Waals surface area (Å²) in [6, 6.07) is 9.25. The Balaban J connectivity index is 2.02. The lowest BCUT2D eigenvalue weighted by Gasteiger charge is -2.11. The molecule has 6 heteroatoms. The first-order valence-electron chi connectivity index (χ1n) is 7.41.